The maximum Gasteiger partial charge on any atom is 0.250 e. The third-order valence-corrected chi connectivity index (χ3v) is 7.83. The van der Waals surface area contributed by atoms with E-state index in [0.29, 0.717) is 18.8 Å². The number of nitrogens with zero attached hydrogens (tertiary/aromatic N) is 2. The van der Waals surface area contributed by atoms with Gasteiger partial charge >= 0.3 is 0 Å². The van der Waals surface area contributed by atoms with Gasteiger partial charge < -0.3 is 9.63 Å². The molecule has 2 N–H and O–H groups in total. The zero-order valence-corrected chi connectivity index (χ0v) is 16.7. The van der Waals surface area contributed by atoms with Gasteiger partial charge in [0.25, 0.3) is 0 Å². The molecule has 3 rings (SSSR count). The van der Waals surface area contributed by atoms with Crippen LogP contribution in [-0.2, 0) is 10.0 Å². The van der Waals surface area contributed by atoms with Crippen molar-refractivity contribution in [2.24, 2.45) is 0 Å². The van der Waals surface area contributed by atoms with Crippen LogP contribution in [0.4, 0.5) is 0 Å². The Morgan fingerprint density at radius 2 is 2.19 bits per heavy atom. The fourth-order valence-corrected chi connectivity index (χ4v) is 5.91. The van der Waals surface area contributed by atoms with Crippen LogP contribution in [0.5, 0.6) is 0 Å². The van der Waals surface area contributed by atoms with Gasteiger partial charge in [0.05, 0.1) is 17.9 Å². The first-order valence-corrected chi connectivity index (χ1v) is 11.1. The highest BCUT2D eigenvalue weighted by Gasteiger charge is 2.23. The minimum atomic E-state index is -3.55. The van der Waals surface area contributed by atoms with Crippen LogP contribution in [0.2, 0.25) is 0 Å². The molecule has 3 heterocycles. The molecular weight excluding hydrogens is 374 g/mol. The Morgan fingerprint density at radius 3 is 2.88 bits per heavy atom. The molecule has 0 saturated carbocycles. The Bertz CT molecular complexity index is 825. The zero-order valence-electron chi connectivity index (χ0n) is 15.1. The quantitative estimate of drug-likeness (QED) is 0.741. The first-order valence-electron chi connectivity index (χ1n) is 8.80. The lowest BCUT2D eigenvalue weighted by atomic mass is 10.0. The van der Waals surface area contributed by atoms with Crippen LogP contribution in [0.3, 0.4) is 0 Å². The molecular formula is C17H25N3O4S2. The van der Waals surface area contributed by atoms with E-state index < -0.39 is 10.0 Å². The predicted octanol–water partition coefficient (Wildman–Crippen LogP) is 2.15. The molecule has 1 aliphatic rings. The molecule has 144 valence electrons. The van der Waals surface area contributed by atoms with E-state index in [1.165, 1.54) is 11.3 Å². The number of aromatic nitrogens is 1. The Labute approximate surface area is 158 Å². The summed E-state index contributed by atoms with van der Waals surface area (Å²) in [6, 6.07) is 3.55. The molecule has 0 amide bonds. The summed E-state index contributed by atoms with van der Waals surface area (Å²) in [5, 5.41) is 13.4. The third kappa shape index (κ3) is 4.17. The summed E-state index contributed by atoms with van der Waals surface area (Å²) < 4.78 is 33.3. The van der Waals surface area contributed by atoms with Crippen LogP contribution in [0.15, 0.2) is 20.9 Å². The average Bonchev–Trinajstić information content (AvgIpc) is 3.22. The van der Waals surface area contributed by atoms with Gasteiger partial charge in [0.2, 0.25) is 10.0 Å². The number of sulfonamides is 1. The SMILES string of the molecule is Cc1noc(C)c1-c1ccc(S(=O)(=O)NCCN2CCCC[C@@H]2CO)s1. The monoisotopic (exact) mass is 399 g/mol. The van der Waals surface area contributed by atoms with E-state index in [1.807, 2.05) is 13.8 Å². The van der Waals surface area contributed by atoms with Crippen LogP contribution >= 0.6 is 11.3 Å². The number of piperidine rings is 1. The van der Waals surface area contributed by atoms with Crippen molar-refractivity contribution in [2.75, 3.05) is 26.2 Å². The van der Waals surface area contributed by atoms with Gasteiger partial charge in [0, 0.05) is 24.0 Å². The maximum atomic E-state index is 12.6. The molecule has 0 spiro atoms. The van der Waals surface area contributed by atoms with Crippen LogP contribution in [0.1, 0.15) is 30.7 Å². The van der Waals surface area contributed by atoms with Crippen molar-refractivity contribution in [1.82, 2.24) is 14.8 Å². The Kier molecular flexibility index (Phi) is 6.13. The van der Waals surface area contributed by atoms with E-state index in [-0.39, 0.29) is 16.9 Å². The van der Waals surface area contributed by atoms with Gasteiger partial charge in [-0.25, -0.2) is 13.1 Å². The van der Waals surface area contributed by atoms with Gasteiger partial charge in [-0.05, 0) is 45.4 Å². The van der Waals surface area contributed by atoms with Gasteiger partial charge in [-0.1, -0.05) is 11.6 Å². The van der Waals surface area contributed by atoms with Gasteiger partial charge in [-0.3, -0.25) is 4.90 Å². The molecule has 1 atom stereocenters. The normalized spacial score (nSPS) is 19.1. The van der Waals surface area contributed by atoms with Gasteiger partial charge in [0.15, 0.2) is 0 Å². The van der Waals surface area contributed by atoms with Crippen molar-refractivity contribution in [3.8, 4) is 10.4 Å². The molecule has 0 aliphatic carbocycles. The molecule has 26 heavy (non-hydrogen) atoms. The molecule has 2 aromatic heterocycles. The van der Waals surface area contributed by atoms with Gasteiger partial charge in [0.1, 0.15) is 9.97 Å². The first-order chi connectivity index (χ1) is 12.4. The molecule has 0 aromatic carbocycles. The van der Waals surface area contributed by atoms with Crippen molar-refractivity contribution >= 4 is 21.4 Å². The average molecular weight is 400 g/mol. The fraction of sp³-hybridized carbons (Fsp3) is 0.588. The lowest BCUT2D eigenvalue weighted by molar-refractivity contribution is 0.0923. The van der Waals surface area contributed by atoms with Crippen molar-refractivity contribution in [2.45, 2.75) is 43.4 Å². The molecule has 1 saturated heterocycles. The van der Waals surface area contributed by atoms with Crippen LogP contribution in [0, 0.1) is 13.8 Å². The summed E-state index contributed by atoms with van der Waals surface area (Å²) in [6.45, 7) is 5.62. The zero-order chi connectivity index (χ0) is 18.7. The molecule has 7 nitrogen and oxygen atoms in total. The number of rotatable bonds is 7. The largest absolute Gasteiger partial charge is 0.395 e. The van der Waals surface area contributed by atoms with Crippen molar-refractivity contribution in [3.63, 3.8) is 0 Å². The standard InChI is InChI=1S/C17H25N3O4S2/c1-12-17(13(2)24-19-12)15-6-7-16(25-15)26(22,23)18-8-10-20-9-4-3-5-14(20)11-21/h6-7,14,18,21H,3-5,8-11H2,1-2H3/t14-/m1/s1. The van der Waals surface area contributed by atoms with Gasteiger partial charge in [-0.15, -0.1) is 11.3 Å². The smallest absolute Gasteiger partial charge is 0.250 e. The Balaban J connectivity index is 1.64. The molecule has 0 radical (unpaired) electrons. The van der Waals surface area contributed by atoms with E-state index >= 15 is 0 Å². The highest BCUT2D eigenvalue weighted by atomic mass is 32.2. The summed E-state index contributed by atoms with van der Waals surface area (Å²) in [6.07, 6.45) is 3.18. The molecule has 0 unspecified atom stereocenters. The predicted molar refractivity (Wildman–Crippen MR) is 101 cm³/mol. The fourth-order valence-electron chi connectivity index (χ4n) is 3.39. The molecule has 0 bridgehead atoms. The summed E-state index contributed by atoms with van der Waals surface area (Å²) in [5.41, 5.74) is 1.61. The second-order valence-electron chi connectivity index (χ2n) is 6.58. The minimum absolute atomic E-state index is 0.123. The van der Waals surface area contributed by atoms with Crippen molar-refractivity contribution < 1.29 is 18.0 Å². The summed E-state index contributed by atoms with van der Waals surface area (Å²) in [5.74, 6) is 0.682. The summed E-state index contributed by atoms with van der Waals surface area (Å²) in [7, 11) is -3.55. The van der Waals surface area contributed by atoms with Crippen LogP contribution in [-0.4, -0.2) is 55.9 Å². The first kappa shape index (κ1) is 19.5. The number of likely N-dealkylation sites (tertiary alicyclic amines) is 1. The molecule has 2 aromatic rings. The topological polar surface area (TPSA) is 95.7 Å². The molecule has 1 fully saturated rings. The Hall–Kier alpha value is -1.26. The van der Waals surface area contributed by atoms with E-state index in [4.69, 9.17) is 4.52 Å². The third-order valence-electron chi connectivity index (χ3n) is 4.78. The van der Waals surface area contributed by atoms with Gasteiger partial charge in [-0.2, -0.15) is 0 Å². The van der Waals surface area contributed by atoms with Crippen molar-refractivity contribution in [3.05, 3.63) is 23.6 Å². The summed E-state index contributed by atoms with van der Waals surface area (Å²) >= 11 is 1.21. The second kappa shape index (κ2) is 8.18. The van der Waals surface area contributed by atoms with E-state index in [0.717, 1.165) is 41.9 Å². The highest BCUT2D eigenvalue weighted by molar-refractivity contribution is 7.91. The Morgan fingerprint density at radius 1 is 1.38 bits per heavy atom. The van der Waals surface area contributed by atoms with Crippen molar-refractivity contribution in [1.29, 1.82) is 0 Å². The maximum absolute atomic E-state index is 12.6. The number of aliphatic hydroxyl groups excluding tert-OH is 1. The summed E-state index contributed by atoms with van der Waals surface area (Å²) in [4.78, 5) is 2.99. The number of nitrogens with one attached hydrogen (secondary N) is 1. The highest BCUT2D eigenvalue weighted by Crippen LogP contribution is 2.34. The number of thiophene rings is 1. The lowest BCUT2D eigenvalue weighted by Gasteiger charge is -2.34. The number of aliphatic hydroxyl groups is 1. The number of hydrogen-bond donors (Lipinski definition) is 2. The van der Waals surface area contributed by atoms with Crippen LogP contribution < -0.4 is 4.72 Å². The second-order valence-corrected chi connectivity index (χ2v) is 9.66. The number of aryl methyl sites for hydroxylation is 2. The molecule has 9 heteroatoms. The number of hydrogen-bond acceptors (Lipinski definition) is 7. The van der Waals surface area contributed by atoms with E-state index in [1.54, 1.807) is 12.1 Å². The minimum Gasteiger partial charge on any atom is -0.395 e. The van der Waals surface area contributed by atoms with E-state index in [9.17, 15) is 13.5 Å². The van der Waals surface area contributed by atoms with Crippen LogP contribution in [0.25, 0.3) is 10.4 Å². The lowest BCUT2D eigenvalue weighted by Crippen LogP contribution is -2.45. The molecule has 1 aliphatic heterocycles. The van der Waals surface area contributed by atoms with E-state index in [2.05, 4.69) is 14.8 Å².